The molecule has 7 heteroatoms. The van der Waals surface area contributed by atoms with Crippen LogP contribution in [0.15, 0.2) is 42.6 Å². The van der Waals surface area contributed by atoms with E-state index in [-0.39, 0.29) is 17.9 Å². The number of aliphatic hydroxyl groups excluding tert-OH is 1. The molecule has 0 saturated carbocycles. The molecule has 1 unspecified atom stereocenters. The van der Waals surface area contributed by atoms with Crippen molar-refractivity contribution in [3.63, 3.8) is 0 Å². The number of aromatic nitrogens is 1. The van der Waals surface area contributed by atoms with Gasteiger partial charge in [-0.2, -0.15) is 0 Å². The van der Waals surface area contributed by atoms with E-state index in [0.29, 0.717) is 24.3 Å². The maximum Gasteiger partial charge on any atom is 0.134 e. The van der Waals surface area contributed by atoms with Crippen LogP contribution in [0.5, 0.6) is 5.75 Å². The molecule has 1 aromatic carbocycles. The maximum absolute atomic E-state index is 14.4. The van der Waals surface area contributed by atoms with Gasteiger partial charge >= 0.3 is 0 Å². The highest BCUT2D eigenvalue weighted by atomic mass is 19.1. The van der Waals surface area contributed by atoms with E-state index in [1.165, 1.54) is 6.07 Å². The van der Waals surface area contributed by atoms with Crippen molar-refractivity contribution in [3.05, 3.63) is 59.7 Å². The fourth-order valence-electron chi connectivity index (χ4n) is 4.16. The van der Waals surface area contributed by atoms with E-state index < -0.39 is 6.10 Å². The molecule has 6 nitrogen and oxygen atoms in total. The molecule has 3 heterocycles. The van der Waals surface area contributed by atoms with Crippen LogP contribution in [0.2, 0.25) is 0 Å². The Bertz CT molecular complexity index is 917. The van der Waals surface area contributed by atoms with Gasteiger partial charge in [-0.1, -0.05) is 12.1 Å². The summed E-state index contributed by atoms with van der Waals surface area (Å²) in [5.41, 5.74) is 2.26. The van der Waals surface area contributed by atoms with Crippen molar-refractivity contribution in [2.24, 2.45) is 0 Å². The smallest absolute Gasteiger partial charge is 0.134 e. The molecule has 0 radical (unpaired) electrons. The zero-order valence-electron chi connectivity index (χ0n) is 17.0. The molecule has 1 aromatic heterocycles. The molecule has 0 bridgehead atoms. The molecule has 2 aliphatic heterocycles. The fraction of sp³-hybridized carbons (Fsp3) is 0.409. The van der Waals surface area contributed by atoms with Gasteiger partial charge in [-0.15, -0.1) is 0 Å². The van der Waals surface area contributed by atoms with E-state index in [1.54, 1.807) is 19.2 Å². The predicted octanol–water partition coefficient (Wildman–Crippen LogP) is 2.42. The molecule has 1 fully saturated rings. The molecule has 1 saturated heterocycles. The van der Waals surface area contributed by atoms with E-state index in [1.807, 2.05) is 43.4 Å². The van der Waals surface area contributed by atoms with Crippen LogP contribution in [0.3, 0.4) is 0 Å². The number of halogens is 1. The second-order valence-electron chi connectivity index (χ2n) is 7.83. The fourth-order valence-corrected chi connectivity index (χ4v) is 4.16. The van der Waals surface area contributed by atoms with E-state index in [9.17, 15) is 9.50 Å². The Morgan fingerprint density at radius 1 is 1.21 bits per heavy atom. The normalized spacial score (nSPS) is 24.0. The highest BCUT2D eigenvalue weighted by molar-refractivity contribution is 5.73. The number of likely N-dealkylation sites (N-methyl/N-ethyl adjacent to an activating group) is 1. The summed E-state index contributed by atoms with van der Waals surface area (Å²) in [7, 11) is 5.51. The highest BCUT2D eigenvalue weighted by Crippen LogP contribution is 2.37. The lowest BCUT2D eigenvalue weighted by Crippen LogP contribution is -2.38. The Kier molecular flexibility index (Phi) is 5.43. The maximum atomic E-state index is 14.4. The molecule has 0 amide bonds. The molecular formula is C22H27FN4O2. The van der Waals surface area contributed by atoms with E-state index in [2.05, 4.69) is 10.2 Å². The van der Waals surface area contributed by atoms with Crippen LogP contribution in [0.1, 0.15) is 23.7 Å². The number of nitrogens with zero attached hydrogens (tertiary/aromatic N) is 3. The molecule has 3 atom stereocenters. The van der Waals surface area contributed by atoms with E-state index in [0.717, 1.165) is 23.6 Å². The minimum Gasteiger partial charge on any atom is -0.496 e. The third-order valence-corrected chi connectivity index (χ3v) is 5.76. The molecule has 0 aliphatic carbocycles. The van der Waals surface area contributed by atoms with Crippen molar-refractivity contribution in [2.75, 3.05) is 39.2 Å². The first-order chi connectivity index (χ1) is 14.0. The minimum atomic E-state index is -0.401. The zero-order valence-corrected chi connectivity index (χ0v) is 17.0. The van der Waals surface area contributed by atoms with Crippen molar-refractivity contribution in [2.45, 2.75) is 24.6 Å². The summed E-state index contributed by atoms with van der Waals surface area (Å²) in [6.45, 7) is 1.30. The average molecular weight is 398 g/mol. The predicted molar refractivity (Wildman–Crippen MR) is 111 cm³/mol. The summed E-state index contributed by atoms with van der Waals surface area (Å²) in [4.78, 5) is 8.99. The van der Waals surface area contributed by atoms with Crippen molar-refractivity contribution in [1.29, 1.82) is 0 Å². The Morgan fingerprint density at radius 2 is 2.00 bits per heavy atom. The van der Waals surface area contributed by atoms with Crippen molar-refractivity contribution >= 4 is 11.4 Å². The number of hydrogen-bond acceptors (Lipinski definition) is 6. The number of anilines is 1. The summed E-state index contributed by atoms with van der Waals surface area (Å²) < 4.78 is 19.8. The Hall–Kier alpha value is -2.64. The van der Waals surface area contributed by atoms with Gasteiger partial charge in [-0.3, -0.25) is 0 Å². The molecule has 4 rings (SSSR count). The third kappa shape index (κ3) is 3.80. The number of benzene rings is 1. The zero-order chi connectivity index (χ0) is 20.5. The van der Waals surface area contributed by atoms with E-state index >= 15 is 0 Å². The van der Waals surface area contributed by atoms with Gasteiger partial charge in [0.1, 0.15) is 17.4 Å². The standard InChI is InChI=1S/C22H27FN4O2/c1-26(2)18-12-27(13-19(18)28)21-9-5-7-16(25-21)17-10-14(11-24-17)22-15(23)6-4-8-20(22)29-3/h4-9,11,17-19,24,28H,10,12-13H2,1-3H3/t17?,18-,19-/m1/s1. The van der Waals surface area contributed by atoms with Gasteiger partial charge in [0.05, 0.1) is 36.6 Å². The Morgan fingerprint density at radius 3 is 2.72 bits per heavy atom. The number of ether oxygens (including phenoxy) is 1. The summed E-state index contributed by atoms with van der Waals surface area (Å²) >= 11 is 0. The molecule has 29 heavy (non-hydrogen) atoms. The summed E-state index contributed by atoms with van der Waals surface area (Å²) in [6, 6.07) is 10.9. The number of rotatable bonds is 5. The van der Waals surface area contributed by atoms with Crippen molar-refractivity contribution < 1.29 is 14.2 Å². The Labute approximate surface area is 170 Å². The van der Waals surface area contributed by atoms with Crippen LogP contribution in [0.25, 0.3) is 5.57 Å². The summed E-state index contributed by atoms with van der Waals surface area (Å²) in [5.74, 6) is 1.09. The van der Waals surface area contributed by atoms with Crippen molar-refractivity contribution in [3.8, 4) is 5.75 Å². The second-order valence-corrected chi connectivity index (χ2v) is 7.83. The van der Waals surface area contributed by atoms with Gasteiger partial charge in [0.25, 0.3) is 0 Å². The number of hydrogen-bond donors (Lipinski definition) is 2. The van der Waals surface area contributed by atoms with Gasteiger partial charge in [-0.25, -0.2) is 9.37 Å². The van der Waals surface area contributed by atoms with Crippen LogP contribution in [0.4, 0.5) is 10.2 Å². The molecule has 0 spiro atoms. The summed E-state index contributed by atoms with van der Waals surface area (Å²) in [6.07, 6.45) is 2.07. The van der Waals surface area contributed by atoms with Crippen LogP contribution in [-0.4, -0.2) is 61.4 Å². The lowest BCUT2D eigenvalue weighted by Gasteiger charge is -2.22. The first-order valence-electron chi connectivity index (χ1n) is 9.82. The molecule has 154 valence electrons. The first kappa shape index (κ1) is 19.7. The number of aliphatic hydroxyl groups is 1. The monoisotopic (exact) mass is 398 g/mol. The SMILES string of the molecule is COc1cccc(F)c1C1=CNC(c2cccc(N3C[C@@H](O)[C@H](N(C)C)C3)n2)C1. The second kappa shape index (κ2) is 8.00. The van der Waals surface area contributed by atoms with Gasteiger partial charge in [-0.05, 0) is 43.9 Å². The minimum absolute atomic E-state index is 0.0357. The number of pyridine rings is 1. The number of β-amino-alcohol motifs (C(OH)–C–C–N with tert-alkyl or cyclic N) is 1. The summed E-state index contributed by atoms with van der Waals surface area (Å²) in [5, 5.41) is 13.7. The van der Waals surface area contributed by atoms with Crippen LogP contribution < -0.4 is 15.0 Å². The van der Waals surface area contributed by atoms with Crippen molar-refractivity contribution in [1.82, 2.24) is 15.2 Å². The third-order valence-electron chi connectivity index (χ3n) is 5.76. The molecule has 2 aromatic rings. The lowest BCUT2D eigenvalue weighted by atomic mass is 9.99. The number of nitrogens with one attached hydrogen (secondary N) is 1. The number of methoxy groups -OCH3 is 1. The topological polar surface area (TPSA) is 60.9 Å². The van der Waals surface area contributed by atoms with Gasteiger partial charge in [0.15, 0.2) is 0 Å². The quantitative estimate of drug-likeness (QED) is 0.807. The van der Waals surface area contributed by atoms with Crippen LogP contribution in [-0.2, 0) is 0 Å². The van der Waals surface area contributed by atoms with E-state index in [4.69, 9.17) is 9.72 Å². The Balaban J connectivity index is 1.51. The van der Waals surface area contributed by atoms with Gasteiger partial charge in [0.2, 0.25) is 0 Å². The molecule has 2 aliphatic rings. The van der Waals surface area contributed by atoms with Gasteiger partial charge in [0, 0.05) is 25.7 Å². The van der Waals surface area contributed by atoms with Crippen LogP contribution in [0, 0.1) is 5.82 Å². The lowest BCUT2D eigenvalue weighted by molar-refractivity contribution is 0.114. The van der Waals surface area contributed by atoms with Crippen LogP contribution >= 0.6 is 0 Å². The average Bonchev–Trinajstić information content (AvgIpc) is 3.35. The molecular weight excluding hydrogens is 371 g/mol. The highest BCUT2D eigenvalue weighted by Gasteiger charge is 2.33. The largest absolute Gasteiger partial charge is 0.496 e. The first-order valence-corrected chi connectivity index (χ1v) is 9.82. The molecule has 2 N–H and O–H groups in total. The van der Waals surface area contributed by atoms with Gasteiger partial charge < -0.3 is 25.0 Å².